The highest BCUT2D eigenvalue weighted by Gasteiger charge is 2.07. The van der Waals surface area contributed by atoms with E-state index in [0.717, 1.165) is 16.9 Å². The maximum Gasteiger partial charge on any atom is 0.314 e. The molecule has 0 bridgehead atoms. The van der Waals surface area contributed by atoms with Gasteiger partial charge in [-0.25, -0.2) is 9.78 Å². The van der Waals surface area contributed by atoms with Crippen LogP contribution in [0.4, 0.5) is 4.79 Å². The number of aromatic amines is 1. The van der Waals surface area contributed by atoms with E-state index in [-0.39, 0.29) is 11.9 Å². The largest absolute Gasteiger partial charge is 0.355 e. The van der Waals surface area contributed by atoms with Crippen LogP contribution in [0.25, 0.3) is 11.0 Å². The molecule has 0 aliphatic heterocycles. The second-order valence-electron chi connectivity index (χ2n) is 5.50. The van der Waals surface area contributed by atoms with Gasteiger partial charge in [0.2, 0.25) is 5.91 Å². The summed E-state index contributed by atoms with van der Waals surface area (Å²) in [5.74, 6) is 0.745. The van der Waals surface area contributed by atoms with Gasteiger partial charge in [0.25, 0.3) is 0 Å². The molecule has 0 saturated heterocycles. The van der Waals surface area contributed by atoms with E-state index in [1.54, 1.807) is 0 Å². The summed E-state index contributed by atoms with van der Waals surface area (Å²) in [7, 11) is 0. The SMILES string of the molecule is CC(=O)NCCNC(=O)NCCc1nc2c(C)c(C)ccc2[nH]1. The zero-order valence-corrected chi connectivity index (χ0v) is 13.7. The molecule has 2 rings (SSSR count). The van der Waals surface area contributed by atoms with Crippen molar-refractivity contribution in [3.05, 3.63) is 29.1 Å². The minimum Gasteiger partial charge on any atom is -0.355 e. The van der Waals surface area contributed by atoms with Crippen molar-refractivity contribution in [1.29, 1.82) is 0 Å². The number of amides is 3. The Labute approximate surface area is 135 Å². The van der Waals surface area contributed by atoms with Gasteiger partial charge in [-0.2, -0.15) is 0 Å². The molecule has 1 aromatic carbocycles. The van der Waals surface area contributed by atoms with Gasteiger partial charge in [0, 0.05) is 33.0 Å². The topological polar surface area (TPSA) is 98.9 Å². The molecule has 0 aliphatic rings. The molecule has 7 heteroatoms. The van der Waals surface area contributed by atoms with Crippen LogP contribution in [0.1, 0.15) is 23.9 Å². The van der Waals surface area contributed by atoms with E-state index < -0.39 is 0 Å². The van der Waals surface area contributed by atoms with Gasteiger partial charge in [-0.15, -0.1) is 0 Å². The Hall–Kier alpha value is -2.57. The highest BCUT2D eigenvalue weighted by atomic mass is 16.2. The third-order valence-electron chi connectivity index (χ3n) is 3.66. The number of nitrogens with zero attached hydrogens (tertiary/aromatic N) is 1. The molecule has 2 aromatic rings. The maximum absolute atomic E-state index is 11.6. The summed E-state index contributed by atoms with van der Waals surface area (Å²) < 4.78 is 0. The van der Waals surface area contributed by atoms with Crippen LogP contribution in [-0.2, 0) is 11.2 Å². The number of fused-ring (bicyclic) bond motifs is 1. The molecule has 0 fully saturated rings. The number of aromatic nitrogens is 2. The van der Waals surface area contributed by atoms with E-state index in [2.05, 4.69) is 45.8 Å². The molecular formula is C16H23N5O2. The van der Waals surface area contributed by atoms with Crippen molar-refractivity contribution >= 4 is 23.0 Å². The molecule has 0 radical (unpaired) electrons. The first-order valence-corrected chi connectivity index (χ1v) is 7.68. The zero-order valence-electron chi connectivity index (χ0n) is 13.7. The fourth-order valence-corrected chi connectivity index (χ4v) is 2.25. The Kier molecular flexibility index (Phi) is 5.56. The highest BCUT2D eigenvalue weighted by molar-refractivity contribution is 5.80. The fraction of sp³-hybridized carbons (Fsp3) is 0.438. The van der Waals surface area contributed by atoms with Gasteiger partial charge < -0.3 is 20.9 Å². The first kappa shape index (κ1) is 16.8. The zero-order chi connectivity index (χ0) is 16.8. The van der Waals surface area contributed by atoms with Crippen molar-refractivity contribution < 1.29 is 9.59 Å². The summed E-state index contributed by atoms with van der Waals surface area (Å²) in [6, 6.07) is 3.84. The predicted octanol–water partition coefficient (Wildman–Crippen LogP) is 1.16. The number of urea groups is 1. The Morgan fingerprint density at radius 1 is 1.09 bits per heavy atom. The maximum atomic E-state index is 11.6. The van der Waals surface area contributed by atoms with Crippen LogP contribution in [0.3, 0.4) is 0 Å². The van der Waals surface area contributed by atoms with Crippen LogP contribution in [0.2, 0.25) is 0 Å². The lowest BCUT2D eigenvalue weighted by Gasteiger charge is -2.07. The summed E-state index contributed by atoms with van der Waals surface area (Å²) in [6.45, 7) is 6.87. The molecule has 3 amide bonds. The summed E-state index contributed by atoms with van der Waals surface area (Å²) in [5.41, 5.74) is 4.39. The lowest BCUT2D eigenvalue weighted by molar-refractivity contribution is -0.118. The fourth-order valence-electron chi connectivity index (χ4n) is 2.25. The molecule has 0 saturated carbocycles. The number of nitrogens with one attached hydrogen (secondary N) is 4. The molecule has 0 atom stereocenters. The lowest BCUT2D eigenvalue weighted by atomic mass is 10.1. The van der Waals surface area contributed by atoms with Gasteiger partial charge in [0.05, 0.1) is 11.0 Å². The van der Waals surface area contributed by atoms with Crippen LogP contribution in [0.5, 0.6) is 0 Å². The van der Waals surface area contributed by atoms with E-state index in [9.17, 15) is 9.59 Å². The molecule has 124 valence electrons. The Balaban J connectivity index is 1.77. The molecule has 0 spiro atoms. The smallest absolute Gasteiger partial charge is 0.314 e. The van der Waals surface area contributed by atoms with E-state index in [1.807, 2.05) is 6.07 Å². The number of benzene rings is 1. The van der Waals surface area contributed by atoms with Gasteiger partial charge in [-0.3, -0.25) is 4.79 Å². The van der Waals surface area contributed by atoms with Gasteiger partial charge in [-0.1, -0.05) is 6.07 Å². The lowest BCUT2D eigenvalue weighted by Crippen LogP contribution is -2.40. The minimum atomic E-state index is -0.251. The number of hydrogen-bond acceptors (Lipinski definition) is 3. The minimum absolute atomic E-state index is 0.109. The second-order valence-corrected chi connectivity index (χ2v) is 5.50. The number of carbonyl (C=O) groups is 2. The molecule has 1 aromatic heterocycles. The van der Waals surface area contributed by atoms with Crippen LogP contribution >= 0.6 is 0 Å². The molecule has 0 unspecified atom stereocenters. The molecule has 23 heavy (non-hydrogen) atoms. The van der Waals surface area contributed by atoms with Crippen LogP contribution in [0.15, 0.2) is 12.1 Å². The van der Waals surface area contributed by atoms with E-state index in [0.29, 0.717) is 26.1 Å². The van der Waals surface area contributed by atoms with Gasteiger partial charge in [0.1, 0.15) is 5.82 Å². The quantitative estimate of drug-likeness (QED) is 0.602. The van der Waals surface area contributed by atoms with Crippen molar-refractivity contribution in [3.63, 3.8) is 0 Å². The van der Waals surface area contributed by atoms with E-state index in [4.69, 9.17) is 0 Å². The van der Waals surface area contributed by atoms with Crippen molar-refractivity contribution in [3.8, 4) is 0 Å². The van der Waals surface area contributed by atoms with E-state index >= 15 is 0 Å². The van der Waals surface area contributed by atoms with Crippen molar-refractivity contribution in [2.75, 3.05) is 19.6 Å². The molecule has 1 heterocycles. The number of hydrogen-bond donors (Lipinski definition) is 4. The average Bonchev–Trinajstić information content (AvgIpc) is 2.91. The van der Waals surface area contributed by atoms with Gasteiger partial charge in [-0.05, 0) is 31.0 Å². The first-order valence-electron chi connectivity index (χ1n) is 7.68. The van der Waals surface area contributed by atoms with Crippen LogP contribution in [-0.4, -0.2) is 41.5 Å². The number of H-pyrrole nitrogens is 1. The Morgan fingerprint density at radius 3 is 2.52 bits per heavy atom. The van der Waals surface area contributed by atoms with Crippen LogP contribution in [0, 0.1) is 13.8 Å². The second kappa shape index (κ2) is 7.62. The standard InChI is InChI=1S/C16H23N5O2/c1-10-4-5-13-15(11(10)2)21-14(20-13)6-7-18-16(23)19-9-8-17-12(3)22/h4-5H,6-9H2,1-3H3,(H,17,22)(H,20,21)(H2,18,19,23). The Bertz CT molecular complexity index is 708. The summed E-state index contributed by atoms with van der Waals surface area (Å²) in [6.07, 6.45) is 0.631. The highest BCUT2D eigenvalue weighted by Crippen LogP contribution is 2.19. The normalized spacial score (nSPS) is 10.6. The number of rotatable bonds is 6. The van der Waals surface area contributed by atoms with Crippen molar-refractivity contribution in [1.82, 2.24) is 25.9 Å². The first-order chi connectivity index (χ1) is 11.0. The summed E-state index contributed by atoms with van der Waals surface area (Å²) in [4.78, 5) is 30.1. The molecule has 0 aliphatic carbocycles. The third-order valence-corrected chi connectivity index (χ3v) is 3.66. The van der Waals surface area contributed by atoms with Crippen molar-refractivity contribution in [2.24, 2.45) is 0 Å². The number of aryl methyl sites for hydroxylation is 2. The van der Waals surface area contributed by atoms with Crippen molar-refractivity contribution in [2.45, 2.75) is 27.2 Å². The van der Waals surface area contributed by atoms with Gasteiger partial charge >= 0.3 is 6.03 Å². The number of imidazole rings is 1. The molecular weight excluding hydrogens is 294 g/mol. The molecule has 4 N–H and O–H groups in total. The monoisotopic (exact) mass is 317 g/mol. The molecule has 7 nitrogen and oxygen atoms in total. The average molecular weight is 317 g/mol. The number of carbonyl (C=O) groups excluding carboxylic acids is 2. The van der Waals surface area contributed by atoms with E-state index in [1.165, 1.54) is 18.1 Å². The predicted molar refractivity (Wildman–Crippen MR) is 89.4 cm³/mol. The van der Waals surface area contributed by atoms with Crippen LogP contribution < -0.4 is 16.0 Å². The summed E-state index contributed by atoms with van der Waals surface area (Å²) >= 11 is 0. The summed E-state index contributed by atoms with van der Waals surface area (Å²) in [5, 5.41) is 8.05. The van der Waals surface area contributed by atoms with Gasteiger partial charge in [0.15, 0.2) is 0 Å². The Morgan fingerprint density at radius 2 is 1.78 bits per heavy atom. The third kappa shape index (κ3) is 4.70.